The van der Waals surface area contributed by atoms with Gasteiger partial charge in [0.25, 0.3) is 0 Å². The first kappa shape index (κ1) is 9.43. The summed E-state index contributed by atoms with van der Waals surface area (Å²) in [5, 5.41) is 9.30. The van der Waals surface area contributed by atoms with E-state index in [0.29, 0.717) is 18.1 Å². The van der Waals surface area contributed by atoms with Crippen molar-refractivity contribution in [3.05, 3.63) is 0 Å². The molecule has 2 fully saturated rings. The lowest BCUT2D eigenvalue weighted by Crippen LogP contribution is -2.34. The summed E-state index contributed by atoms with van der Waals surface area (Å²) in [6.07, 6.45) is 1.29. The summed E-state index contributed by atoms with van der Waals surface area (Å²) in [7, 11) is -2.77. The topological polar surface area (TPSA) is 57.6 Å². The number of likely N-dealkylation sites (tertiary alicyclic amines) is 1. The van der Waals surface area contributed by atoms with Gasteiger partial charge in [0.2, 0.25) is 0 Å². The molecule has 2 heterocycles. The van der Waals surface area contributed by atoms with Gasteiger partial charge in [0.1, 0.15) is 0 Å². The van der Waals surface area contributed by atoms with E-state index >= 15 is 0 Å². The van der Waals surface area contributed by atoms with E-state index in [4.69, 9.17) is 0 Å². The molecule has 13 heavy (non-hydrogen) atoms. The van der Waals surface area contributed by atoms with Crippen LogP contribution >= 0.6 is 0 Å². The summed E-state index contributed by atoms with van der Waals surface area (Å²) >= 11 is 0. The zero-order valence-corrected chi connectivity index (χ0v) is 8.33. The molecular weight excluding hydrogens is 190 g/mol. The van der Waals surface area contributed by atoms with Crippen molar-refractivity contribution in [2.75, 3.05) is 24.6 Å². The number of aliphatic hydroxyl groups is 1. The minimum atomic E-state index is -2.77. The Labute approximate surface area is 78.5 Å². The van der Waals surface area contributed by atoms with Crippen LogP contribution in [-0.2, 0) is 9.84 Å². The number of nitrogens with zero attached hydrogens (tertiary/aromatic N) is 1. The number of β-amino-alcohol motifs (C(OH)–C–C–N with tert-alkyl or cyclic N) is 1. The van der Waals surface area contributed by atoms with Crippen LogP contribution in [-0.4, -0.2) is 55.2 Å². The molecule has 2 aliphatic rings. The van der Waals surface area contributed by atoms with Crippen molar-refractivity contribution in [3.8, 4) is 0 Å². The highest BCUT2D eigenvalue weighted by Crippen LogP contribution is 2.21. The summed E-state index contributed by atoms with van der Waals surface area (Å²) in [4.78, 5) is 2.11. The van der Waals surface area contributed by atoms with Gasteiger partial charge in [-0.05, 0) is 12.8 Å². The fraction of sp³-hybridized carbons (Fsp3) is 1.00. The van der Waals surface area contributed by atoms with E-state index in [2.05, 4.69) is 4.90 Å². The molecule has 2 rings (SSSR count). The second kappa shape index (κ2) is 3.22. The van der Waals surface area contributed by atoms with Crippen molar-refractivity contribution >= 4 is 9.84 Å². The zero-order chi connectivity index (χ0) is 9.47. The largest absolute Gasteiger partial charge is 0.392 e. The van der Waals surface area contributed by atoms with Crippen molar-refractivity contribution in [2.45, 2.75) is 25.0 Å². The Balaban J connectivity index is 1.97. The number of rotatable bonds is 1. The van der Waals surface area contributed by atoms with E-state index in [9.17, 15) is 13.5 Å². The predicted octanol–water partition coefficient (Wildman–Crippen LogP) is -0.760. The van der Waals surface area contributed by atoms with Gasteiger partial charge in [-0.15, -0.1) is 0 Å². The molecule has 0 aromatic rings. The molecule has 0 saturated carbocycles. The Morgan fingerprint density at radius 2 is 2.08 bits per heavy atom. The molecule has 0 amide bonds. The first-order valence-electron chi connectivity index (χ1n) is 4.69. The molecule has 0 aromatic carbocycles. The van der Waals surface area contributed by atoms with Gasteiger partial charge in [0.05, 0.1) is 17.6 Å². The first-order chi connectivity index (χ1) is 6.07. The van der Waals surface area contributed by atoms with Crippen LogP contribution in [0.3, 0.4) is 0 Å². The van der Waals surface area contributed by atoms with Crippen LogP contribution < -0.4 is 0 Å². The fourth-order valence-corrected chi connectivity index (χ4v) is 3.92. The molecular formula is C8H15NO3S. The van der Waals surface area contributed by atoms with E-state index in [1.165, 1.54) is 0 Å². The minimum absolute atomic E-state index is 0.169. The lowest BCUT2D eigenvalue weighted by molar-refractivity contribution is 0.164. The third kappa shape index (κ3) is 2.03. The third-order valence-corrected chi connectivity index (χ3v) is 4.67. The Kier molecular flexibility index (Phi) is 2.33. The van der Waals surface area contributed by atoms with Crippen molar-refractivity contribution < 1.29 is 13.5 Å². The summed E-state index contributed by atoms with van der Waals surface area (Å²) in [5.41, 5.74) is 0. The lowest BCUT2D eigenvalue weighted by Gasteiger charge is -2.21. The average molecular weight is 205 g/mol. The van der Waals surface area contributed by atoms with Crippen molar-refractivity contribution in [2.24, 2.45) is 0 Å². The average Bonchev–Trinajstić information content (AvgIpc) is 2.56. The number of aliphatic hydroxyl groups excluding tert-OH is 1. The van der Waals surface area contributed by atoms with E-state index in [0.717, 1.165) is 19.4 Å². The second-order valence-corrected chi connectivity index (χ2v) is 6.22. The van der Waals surface area contributed by atoms with E-state index in [1.807, 2.05) is 0 Å². The summed E-state index contributed by atoms with van der Waals surface area (Å²) in [5.74, 6) is 0.615. The van der Waals surface area contributed by atoms with Crippen LogP contribution in [0.2, 0.25) is 0 Å². The van der Waals surface area contributed by atoms with Gasteiger partial charge in [0, 0.05) is 19.1 Å². The quantitative estimate of drug-likeness (QED) is 0.611. The first-order valence-corrected chi connectivity index (χ1v) is 6.51. The number of hydrogen-bond donors (Lipinski definition) is 1. The van der Waals surface area contributed by atoms with Crippen LogP contribution in [0.15, 0.2) is 0 Å². The smallest absolute Gasteiger partial charge is 0.151 e. The summed E-state index contributed by atoms with van der Waals surface area (Å²) in [6, 6.07) is 0.169. The zero-order valence-electron chi connectivity index (χ0n) is 7.52. The molecule has 5 heteroatoms. The van der Waals surface area contributed by atoms with Crippen molar-refractivity contribution in [3.63, 3.8) is 0 Å². The Hall–Kier alpha value is -0.130. The Morgan fingerprint density at radius 3 is 2.54 bits per heavy atom. The van der Waals surface area contributed by atoms with Gasteiger partial charge in [0.15, 0.2) is 9.84 Å². The Bertz CT molecular complexity index is 288. The highest BCUT2D eigenvalue weighted by Gasteiger charge is 2.35. The third-order valence-electron chi connectivity index (χ3n) is 2.92. The molecule has 1 unspecified atom stereocenters. The Morgan fingerprint density at radius 1 is 1.31 bits per heavy atom. The second-order valence-electron chi connectivity index (χ2n) is 3.99. The molecule has 2 atom stereocenters. The molecule has 2 aliphatic heterocycles. The van der Waals surface area contributed by atoms with Gasteiger partial charge in [-0.25, -0.2) is 8.42 Å². The molecule has 2 saturated heterocycles. The van der Waals surface area contributed by atoms with Crippen LogP contribution in [0.4, 0.5) is 0 Å². The maximum Gasteiger partial charge on any atom is 0.151 e. The number of sulfone groups is 1. The molecule has 0 aliphatic carbocycles. The maximum absolute atomic E-state index is 11.2. The lowest BCUT2D eigenvalue weighted by atomic mass is 10.2. The maximum atomic E-state index is 11.2. The fourth-order valence-electron chi connectivity index (χ4n) is 2.16. The van der Waals surface area contributed by atoms with Gasteiger partial charge in [-0.2, -0.15) is 0 Å². The van der Waals surface area contributed by atoms with E-state index in [1.54, 1.807) is 0 Å². The van der Waals surface area contributed by atoms with Crippen LogP contribution in [0.5, 0.6) is 0 Å². The number of hydrogen-bond acceptors (Lipinski definition) is 4. The van der Waals surface area contributed by atoms with E-state index < -0.39 is 9.84 Å². The van der Waals surface area contributed by atoms with Crippen molar-refractivity contribution in [1.29, 1.82) is 0 Å². The molecule has 0 spiro atoms. The normalized spacial score (nSPS) is 39.8. The highest BCUT2D eigenvalue weighted by atomic mass is 32.2. The van der Waals surface area contributed by atoms with Crippen LogP contribution in [0, 0.1) is 0 Å². The van der Waals surface area contributed by atoms with Crippen LogP contribution in [0.1, 0.15) is 12.8 Å². The van der Waals surface area contributed by atoms with Crippen molar-refractivity contribution in [1.82, 2.24) is 4.90 Å². The van der Waals surface area contributed by atoms with Gasteiger partial charge in [-0.3, -0.25) is 4.90 Å². The van der Waals surface area contributed by atoms with Gasteiger partial charge >= 0.3 is 0 Å². The molecule has 0 aromatic heterocycles. The molecule has 0 bridgehead atoms. The molecule has 1 N–H and O–H groups in total. The summed E-state index contributed by atoms with van der Waals surface area (Å²) in [6.45, 7) is 1.50. The SMILES string of the molecule is O=S1(=O)CCC(N2CC[C@H](O)C2)C1. The van der Waals surface area contributed by atoms with E-state index in [-0.39, 0.29) is 12.1 Å². The molecule has 4 nitrogen and oxygen atoms in total. The monoisotopic (exact) mass is 205 g/mol. The highest BCUT2D eigenvalue weighted by molar-refractivity contribution is 7.91. The van der Waals surface area contributed by atoms with Gasteiger partial charge < -0.3 is 5.11 Å². The molecule has 0 radical (unpaired) electrons. The minimum Gasteiger partial charge on any atom is -0.392 e. The molecule has 76 valence electrons. The van der Waals surface area contributed by atoms with Crippen LogP contribution in [0.25, 0.3) is 0 Å². The summed E-state index contributed by atoms with van der Waals surface area (Å²) < 4.78 is 22.4. The predicted molar refractivity (Wildman–Crippen MR) is 49.3 cm³/mol. The standard InChI is InChI=1S/C8H15NO3S/c10-8-1-3-9(5-8)7-2-4-13(11,12)6-7/h7-8,10H,1-6H2/t7?,8-/m0/s1. The van der Waals surface area contributed by atoms with Gasteiger partial charge in [-0.1, -0.05) is 0 Å².